The van der Waals surface area contributed by atoms with E-state index in [4.69, 9.17) is 14.2 Å². The van der Waals surface area contributed by atoms with Gasteiger partial charge in [0.15, 0.2) is 0 Å². The largest absolute Gasteiger partial charge is 0.515 e. The molecule has 12 heteroatoms. The van der Waals surface area contributed by atoms with Crippen molar-refractivity contribution in [1.82, 2.24) is 15.0 Å². The van der Waals surface area contributed by atoms with Crippen LogP contribution in [0.15, 0.2) is 71.8 Å². The van der Waals surface area contributed by atoms with E-state index < -0.39 is 22.1 Å². The summed E-state index contributed by atoms with van der Waals surface area (Å²) in [6.45, 7) is 3.67. The van der Waals surface area contributed by atoms with Crippen LogP contribution in [-0.4, -0.2) is 51.1 Å². The highest BCUT2D eigenvalue weighted by Crippen LogP contribution is 2.14. The highest BCUT2D eigenvalue weighted by Gasteiger charge is 2.20. The fourth-order valence-electron chi connectivity index (χ4n) is 3.15. The van der Waals surface area contributed by atoms with E-state index in [0.717, 1.165) is 17.5 Å². The van der Waals surface area contributed by atoms with Gasteiger partial charge < -0.3 is 19.5 Å². The molecule has 0 aliphatic heterocycles. The van der Waals surface area contributed by atoms with Gasteiger partial charge in [-0.05, 0) is 68.3 Å². The van der Waals surface area contributed by atoms with Crippen LogP contribution in [0, 0.1) is 0 Å². The summed E-state index contributed by atoms with van der Waals surface area (Å²) in [5.74, 6) is -0.698. The molecule has 2 N–H and O–H groups in total. The number of benzene rings is 2. The summed E-state index contributed by atoms with van der Waals surface area (Å²) < 4.78 is 42.1. The van der Waals surface area contributed by atoms with E-state index in [-0.39, 0.29) is 33.9 Å². The zero-order valence-electron chi connectivity index (χ0n) is 21.0. The normalized spacial score (nSPS) is 10.9. The van der Waals surface area contributed by atoms with Crippen molar-refractivity contribution >= 4 is 28.0 Å². The standard InChI is InChI=1S/C26H27N3O8S/c1-17(2)36-26(32)37-23-12-9-20(16-28-23)25(31)29-38(33,34)22-10-7-19(8-11-22)24(30)27-14-13-18-5-4-6-21(15-18)35-3/h4-12,15-17H,13-14H2,1-3H3,(H,27,30)(H,29,31). The molecular weight excluding hydrogens is 514 g/mol. The van der Waals surface area contributed by atoms with E-state index >= 15 is 0 Å². The number of methoxy groups -OCH3 is 1. The SMILES string of the molecule is COc1cccc(CCNC(=O)c2ccc(S(=O)(=O)NC(=O)c3ccc(OC(=O)OC(C)C)nc3)cc2)c1. The van der Waals surface area contributed by atoms with Gasteiger partial charge in [0.1, 0.15) is 5.75 Å². The summed E-state index contributed by atoms with van der Waals surface area (Å²) in [5.41, 5.74) is 1.18. The van der Waals surface area contributed by atoms with Crippen LogP contribution in [0.1, 0.15) is 40.1 Å². The molecule has 1 heterocycles. The number of amides is 2. The minimum Gasteiger partial charge on any atom is -0.497 e. The van der Waals surface area contributed by atoms with Gasteiger partial charge in [-0.1, -0.05) is 12.1 Å². The molecule has 0 saturated heterocycles. The topological polar surface area (TPSA) is 150 Å². The zero-order chi connectivity index (χ0) is 27.7. The molecule has 0 spiro atoms. The van der Waals surface area contributed by atoms with Crippen LogP contribution in [0.5, 0.6) is 11.6 Å². The summed E-state index contributed by atoms with van der Waals surface area (Å²) >= 11 is 0. The van der Waals surface area contributed by atoms with Gasteiger partial charge >= 0.3 is 6.16 Å². The summed E-state index contributed by atoms with van der Waals surface area (Å²) in [7, 11) is -2.65. The first-order chi connectivity index (χ1) is 18.1. The second-order valence-corrected chi connectivity index (χ2v) is 9.90. The number of ether oxygens (including phenoxy) is 3. The van der Waals surface area contributed by atoms with Crippen molar-refractivity contribution in [3.63, 3.8) is 0 Å². The van der Waals surface area contributed by atoms with Crippen molar-refractivity contribution in [1.29, 1.82) is 0 Å². The molecule has 0 saturated carbocycles. The molecule has 3 rings (SSSR count). The van der Waals surface area contributed by atoms with Crippen molar-refractivity contribution in [3.8, 4) is 11.6 Å². The first-order valence-electron chi connectivity index (χ1n) is 11.5. The fraction of sp³-hybridized carbons (Fsp3) is 0.231. The number of pyridine rings is 1. The predicted octanol–water partition coefficient (Wildman–Crippen LogP) is 3.11. The third kappa shape index (κ3) is 8.03. The van der Waals surface area contributed by atoms with Crippen molar-refractivity contribution in [2.45, 2.75) is 31.3 Å². The third-order valence-electron chi connectivity index (χ3n) is 5.01. The van der Waals surface area contributed by atoms with Gasteiger partial charge in [-0.15, -0.1) is 0 Å². The lowest BCUT2D eigenvalue weighted by molar-refractivity contribution is 0.0715. The molecule has 0 atom stereocenters. The van der Waals surface area contributed by atoms with Gasteiger partial charge in [-0.3, -0.25) is 9.59 Å². The van der Waals surface area contributed by atoms with E-state index in [9.17, 15) is 22.8 Å². The van der Waals surface area contributed by atoms with Crippen LogP contribution >= 0.6 is 0 Å². The number of sulfonamides is 1. The first kappa shape index (κ1) is 28.1. The number of nitrogens with one attached hydrogen (secondary N) is 2. The lowest BCUT2D eigenvalue weighted by atomic mass is 10.1. The van der Waals surface area contributed by atoms with Gasteiger partial charge in [-0.2, -0.15) is 0 Å². The second kappa shape index (κ2) is 12.7. The smallest absolute Gasteiger partial charge is 0.497 e. The Hall–Kier alpha value is -4.45. The molecule has 0 fully saturated rings. The van der Waals surface area contributed by atoms with Crippen molar-refractivity contribution in [3.05, 3.63) is 83.6 Å². The van der Waals surface area contributed by atoms with E-state index in [1.54, 1.807) is 21.0 Å². The van der Waals surface area contributed by atoms with Gasteiger partial charge in [0.05, 0.1) is 23.7 Å². The molecule has 38 heavy (non-hydrogen) atoms. The van der Waals surface area contributed by atoms with Crippen molar-refractivity contribution < 1.29 is 37.0 Å². The molecule has 0 unspecified atom stereocenters. The Labute approximate surface area is 220 Å². The maximum absolute atomic E-state index is 12.6. The predicted molar refractivity (Wildman–Crippen MR) is 137 cm³/mol. The minimum atomic E-state index is -4.23. The Kier molecular flexibility index (Phi) is 9.39. The molecule has 0 bridgehead atoms. The van der Waals surface area contributed by atoms with Crippen LogP contribution in [0.3, 0.4) is 0 Å². The maximum Gasteiger partial charge on any atom is 0.515 e. The average Bonchev–Trinajstić information content (AvgIpc) is 2.88. The molecule has 0 radical (unpaired) electrons. The average molecular weight is 542 g/mol. The van der Waals surface area contributed by atoms with Crippen LogP contribution in [0.25, 0.3) is 0 Å². The van der Waals surface area contributed by atoms with Crippen molar-refractivity contribution in [2.24, 2.45) is 0 Å². The molecule has 200 valence electrons. The summed E-state index contributed by atoms with van der Waals surface area (Å²) in [6.07, 6.45) is 0.305. The second-order valence-electron chi connectivity index (χ2n) is 8.22. The van der Waals surface area contributed by atoms with Crippen LogP contribution in [0.4, 0.5) is 4.79 Å². The molecule has 0 aliphatic rings. The summed E-state index contributed by atoms with van der Waals surface area (Å²) in [4.78, 5) is 40.0. The number of nitrogens with zero attached hydrogens (tertiary/aromatic N) is 1. The molecule has 1 aromatic heterocycles. The Morgan fingerprint density at radius 2 is 1.66 bits per heavy atom. The Bertz CT molecular complexity index is 1390. The zero-order valence-corrected chi connectivity index (χ0v) is 21.8. The molecule has 2 aromatic carbocycles. The van der Waals surface area contributed by atoms with E-state index in [0.29, 0.717) is 13.0 Å². The lowest BCUT2D eigenvalue weighted by Crippen LogP contribution is -2.31. The molecule has 3 aromatic rings. The van der Waals surface area contributed by atoms with Gasteiger partial charge in [-0.25, -0.2) is 22.9 Å². The summed E-state index contributed by atoms with van der Waals surface area (Å²) in [6, 6.07) is 15.1. The van der Waals surface area contributed by atoms with Crippen molar-refractivity contribution in [2.75, 3.05) is 13.7 Å². The fourth-order valence-corrected chi connectivity index (χ4v) is 4.13. The lowest BCUT2D eigenvalue weighted by Gasteiger charge is -2.10. The van der Waals surface area contributed by atoms with E-state index in [1.807, 2.05) is 29.0 Å². The maximum atomic E-state index is 12.6. The van der Waals surface area contributed by atoms with Gasteiger partial charge in [0.2, 0.25) is 5.88 Å². The molecule has 2 amide bonds. The monoisotopic (exact) mass is 541 g/mol. The number of rotatable bonds is 10. The Morgan fingerprint density at radius 1 is 0.947 bits per heavy atom. The highest BCUT2D eigenvalue weighted by molar-refractivity contribution is 7.90. The number of aromatic nitrogens is 1. The molecular formula is C26H27N3O8S. The number of carbonyl (C=O) groups excluding carboxylic acids is 3. The quantitative estimate of drug-likeness (QED) is 0.369. The first-order valence-corrected chi connectivity index (χ1v) is 13.0. The molecule has 0 aliphatic carbocycles. The van der Waals surface area contributed by atoms with Crippen LogP contribution in [-0.2, 0) is 21.2 Å². The van der Waals surface area contributed by atoms with E-state index in [1.165, 1.54) is 36.4 Å². The minimum absolute atomic E-state index is 0.0785. The Morgan fingerprint density at radius 3 is 2.29 bits per heavy atom. The van der Waals surface area contributed by atoms with Gasteiger partial charge in [0.25, 0.3) is 21.8 Å². The highest BCUT2D eigenvalue weighted by atomic mass is 32.2. The number of hydrogen-bond acceptors (Lipinski definition) is 9. The number of hydrogen-bond donors (Lipinski definition) is 2. The summed E-state index contributed by atoms with van der Waals surface area (Å²) in [5, 5.41) is 2.78. The third-order valence-corrected chi connectivity index (χ3v) is 6.35. The molecule has 11 nitrogen and oxygen atoms in total. The number of carbonyl (C=O) groups is 3. The Balaban J connectivity index is 1.55. The van der Waals surface area contributed by atoms with Crippen LogP contribution in [0.2, 0.25) is 0 Å². The van der Waals surface area contributed by atoms with Crippen LogP contribution < -0.4 is 19.5 Å². The van der Waals surface area contributed by atoms with E-state index in [2.05, 4.69) is 10.3 Å². The van der Waals surface area contributed by atoms with Gasteiger partial charge in [0, 0.05) is 24.4 Å².